The average molecular weight is 294 g/mol. The van der Waals surface area contributed by atoms with Gasteiger partial charge in [-0.05, 0) is 6.92 Å². The Labute approximate surface area is 121 Å². The first-order chi connectivity index (χ1) is 10.2. The van der Waals surface area contributed by atoms with Gasteiger partial charge in [-0.1, -0.05) is 12.1 Å². The lowest BCUT2D eigenvalue weighted by Crippen LogP contribution is -2.28. The Balaban J connectivity index is 1.99. The van der Waals surface area contributed by atoms with Crippen molar-refractivity contribution in [2.45, 2.75) is 32.7 Å². The molecule has 0 spiro atoms. The normalized spacial score (nSPS) is 12.3. The van der Waals surface area contributed by atoms with Crippen LogP contribution in [-0.2, 0) is 17.6 Å². The number of nitrogens with zero attached hydrogens (tertiary/aromatic N) is 3. The van der Waals surface area contributed by atoms with E-state index in [9.17, 15) is 4.79 Å². The lowest BCUT2D eigenvalue weighted by Gasteiger charge is -2.08. The summed E-state index contributed by atoms with van der Waals surface area (Å²) >= 11 is 0. The number of aromatic nitrogens is 3. The zero-order valence-corrected chi connectivity index (χ0v) is 12.3. The van der Waals surface area contributed by atoms with Crippen LogP contribution in [0.25, 0.3) is 0 Å². The molecule has 0 aliphatic heterocycles. The number of hydrogen-bond donors (Lipinski definition) is 1. The number of aryl methyl sites for hydroxylation is 1. The number of carbonyl (C=O) groups is 1. The van der Waals surface area contributed by atoms with Gasteiger partial charge >= 0.3 is 0 Å². The third kappa shape index (κ3) is 3.66. The molecule has 0 bridgehead atoms. The Morgan fingerprint density at radius 1 is 1.52 bits per heavy atom. The van der Waals surface area contributed by atoms with Crippen LogP contribution < -0.4 is 5.32 Å². The second-order valence-corrected chi connectivity index (χ2v) is 4.46. The van der Waals surface area contributed by atoms with Crippen LogP contribution in [0.3, 0.4) is 0 Å². The minimum absolute atomic E-state index is 0.281. The van der Waals surface area contributed by atoms with Crippen molar-refractivity contribution in [2.24, 2.45) is 0 Å². The molecule has 0 fully saturated rings. The molecule has 2 aromatic rings. The lowest BCUT2D eigenvalue weighted by molar-refractivity contribution is 0.0926. The van der Waals surface area contributed by atoms with E-state index in [1.807, 2.05) is 6.92 Å². The first kappa shape index (κ1) is 15.2. The second-order valence-electron chi connectivity index (χ2n) is 4.46. The molecular weight excluding hydrogens is 276 g/mol. The van der Waals surface area contributed by atoms with Crippen LogP contribution in [0.4, 0.5) is 0 Å². The Morgan fingerprint density at radius 2 is 2.33 bits per heavy atom. The third-order valence-corrected chi connectivity index (χ3v) is 2.91. The summed E-state index contributed by atoms with van der Waals surface area (Å²) in [5.74, 6) is 1.11. The van der Waals surface area contributed by atoms with Gasteiger partial charge in [-0.2, -0.15) is 4.98 Å². The van der Waals surface area contributed by atoms with Gasteiger partial charge in [0.15, 0.2) is 17.9 Å². The summed E-state index contributed by atoms with van der Waals surface area (Å²) in [5, 5.41) is 6.58. The minimum Gasteiger partial charge on any atom is -0.448 e. The Bertz CT molecular complexity index is 593. The van der Waals surface area contributed by atoms with Crippen molar-refractivity contribution >= 4 is 5.91 Å². The molecule has 1 atom stereocenters. The first-order valence-corrected chi connectivity index (χ1v) is 6.70. The fourth-order valence-corrected chi connectivity index (χ4v) is 1.77. The predicted molar refractivity (Wildman–Crippen MR) is 71.6 cm³/mol. The molecule has 0 aliphatic rings. The molecule has 1 amide bonds. The van der Waals surface area contributed by atoms with E-state index in [-0.39, 0.29) is 11.6 Å². The fourth-order valence-electron chi connectivity index (χ4n) is 1.77. The van der Waals surface area contributed by atoms with Crippen LogP contribution in [0.1, 0.15) is 47.9 Å². The van der Waals surface area contributed by atoms with Gasteiger partial charge in [-0.3, -0.25) is 4.79 Å². The molecule has 114 valence electrons. The zero-order valence-electron chi connectivity index (χ0n) is 12.3. The van der Waals surface area contributed by atoms with Gasteiger partial charge in [0.25, 0.3) is 5.91 Å². The average Bonchev–Trinajstić information content (AvgIpc) is 3.13. The molecule has 8 heteroatoms. The van der Waals surface area contributed by atoms with Crippen molar-refractivity contribution in [3.05, 3.63) is 29.6 Å². The van der Waals surface area contributed by atoms with E-state index in [0.29, 0.717) is 36.9 Å². The molecule has 0 aromatic carbocycles. The van der Waals surface area contributed by atoms with E-state index in [2.05, 4.69) is 20.4 Å². The van der Waals surface area contributed by atoms with E-state index in [1.165, 1.54) is 6.39 Å². The van der Waals surface area contributed by atoms with Gasteiger partial charge in [0.05, 0.1) is 6.61 Å². The summed E-state index contributed by atoms with van der Waals surface area (Å²) in [4.78, 5) is 20.2. The number of nitrogens with one attached hydrogen (secondary N) is 1. The van der Waals surface area contributed by atoms with Crippen molar-refractivity contribution in [1.82, 2.24) is 20.4 Å². The maximum absolute atomic E-state index is 12.1. The number of rotatable bonds is 7. The standard InChI is InChI=1S/C13H18N4O4/c1-4-9-11(14-7-20-9)12(18)15-8(2)13-16-10(17-21-13)5-6-19-3/h7-8H,4-6H2,1-3H3,(H,15,18). The second kappa shape index (κ2) is 6.98. The van der Waals surface area contributed by atoms with Gasteiger partial charge in [0.1, 0.15) is 11.8 Å². The largest absolute Gasteiger partial charge is 0.448 e. The Hall–Kier alpha value is -2.22. The van der Waals surface area contributed by atoms with Crippen molar-refractivity contribution in [3.63, 3.8) is 0 Å². The number of hydrogen-bond acceptors (Lipinski definition) is 7. The van der Waals surface area contributed by atoms with Gasteiger partial charge < -0.3 is 19.0 Å². The highest BCUT2D eigenvalue weighted by molar-refractivity contribution is 5.93. The summed E-state index contributed by atoms with van der Waals surface area (Å²) in [6.45, 7) is 4.16. The SMILES string of the molecule is CCc1ocnc1C(=O)NC(C)c1nc(CCOC)no1. The lowest BCUT2D eigenvalue weighted by atomic mass is 10.2. The van der Waals surface area contributed by atoms with Crippen LogP contribution in [0.5, 0.6) is 0 Å². The molecule has 21 heavy (non-hydrogen) atoms. The topological polar surface area (TPSA) is 103 Å². The number of ether oxygens (including phenoxy) is 1. The van der Waals surface area contributed by atoms with Crippen molar-refractivity contribution in [3.8, 4) is 0 Å². The van der Waals surface area contributed by atoms with E-state index >= 15 is 0 Å². The highest BCUT2D eigenvalue weighted by Crippen LogP contribution is 2.13. The number of methoxy groups -OCH3 is 1. The molecule has 2 rings (SSSR count). The van der Waals surface area contributed by atoms with E-state index in [1.54, 1.807) is 14.0 Å². The molecule has 0 aliphatic carbocycles. The molecule has 1 N–H and O–H groups in total. The third-order valence-electron chi connectivity index (χ3n) is 2.91. The summed E-state index contributed by atoms with van der Waals surface area (Å²) in [5.41, 5.74) is 0.281. The highest BCUT2D eigenvalue weighted by atomic mass is 16.5. The monoisotopic (exact) mass is 294 g/mol. The summed E-state index contributed by atoms with van der Waals surface area (Å²) in [6.07, 6.45) is 2.41. The predicted octanol–water partition coefficient (Wildman–Crippen LogP) is 1.30. The van der Waals surface area contributed by atoms with E-state index in [4.69, 9.17) is 13.7 Å². The maximum atomic E-state index is 12.1. The van der Waals surface area contributed by atoms with Crippen molar-refractivity contribution < 1.29 is 18.5 Å². The number of oxazole rings is 1. The Kier molecular flexibility index (Phi) is 5.04. The molecule has 0 radical (unpaired) electrons. The molecule has 0 saturated heterocycles. The molecule has 0 saturated carbocycles. The fraction of sp³-hybridized carbons (Fsp3) is 0.538. The molecule has 2 aromatic heterocycles. The van der Waals surface area contributed by atoms with Crippen molar-refractivity contribution in [1.29, 1.82) is 0 Å². The van der Waals surface area contributed by atoms with Crippen LogP contribution in [0, 0.1) is 0 Å². The van der Waals surface area contributed by atoms with Gasteiger partial charge in [0.2, 0.25) is 5.89 Å². The summed E-state index contributed by atoms with van der Waals surface area (Å²) < 4.78 is 15.2. The zero-order chi connectivity index (χ0) is 15.2. The van der Waals surface area contributed by atoms with Gasteiger partial charge in [0, 0.05) is 20.0 Å². The van der Waals surface area contributed by atoms with Crippen LogP contribution in [-0.4, -0.2) is 34.7 Å². The van der Waals surface area contributed by atoms with Crippen LogP contribution >= 0.6 is 0 Å². The smallest absolute Gasteiger partial charge is 0.274 e. The maximum Gasteiger partial charge on any atom is 0.274 e. The summed E-state index contributed by atoms with van der Waals surface area (Å²) in [7, 11) is 1.60. The molecule has 1 unspecified atom stereocenters. The first-order valence-electron chi connectivity index (χ1n) is 6.70. The van der Waals surface area contributed by atoms with Gasteiger partial charge in [-0.25, -0.2) is 4.98 Å². The van der Waals surface area contributed by atoms with Crippen molar-refractivity contribution in [2.75, 3.05) is 13.7 Å². The number of carbonyl (C=O) groups excluding carboxylic acids is 1. The van der Waals surface area contributed by atoms with Crippen LogP contribution in [0.2, 0.25) is 0 Å². The Morgan fingerprint density at radius 3 is 3.05 bits per heavy atom. The van der Waals surface area contributed by atoms with Crippen LogP contribution in [0.15, 0.2) is 15.3 Å². The number of amides is 1. The van der Waals surface area contributed by atoms with E-state index < -0.39 is 6.04 Å². The summed E-state index contributed by atoms with van der Waals surface area (Å²) in [6, 6.07) is -0.414. The van der Waals surface area contributed by atoms with E-state index in [0.717, 1.165) is 0 Å². The molecule has 8 nitrogen and oxygen atoms in total. The quantitative estimate of drug-likeness (QED) is 0.820. The highest BCUT2D eigenvalue weighted by Gasteiger charge is 2.21. The minimum atomic E-state index is -0.414. The molecule has 2 heterocycles. The molecular formula is C13H18N4O4. The van der Waals surface area contributed by atoms with Gasteiger partial charge in [-0.15, -0.1) is 0 Å².